The maximum Gasteiger partial charge on any atom is 0.246 e. The van der Waals surface area contributed by atoms with Gasteiger partial charge in [0.05, 0.1) is 0 Å². The van der Waals surface area contributed by atoms with E-state index in [-0.39, 0.29) is 23.4 Å². The number of Topliss-reactive ketones (excluding diaryl/α,β-unsaturated/α-hetero) is 2. The van der Waals surface area contributed by atoms with Crippen molar-refractivity contribution in [3.05, 3.63) is 58.6 Å². The molecule has 1 aromatic carbocycles. The van der Waals surface area contributed by atoms with Gasteiger partial charge in [0.1, 0.15) is 5.70 Å². The number of benzene rings is 1. The molecule has 0 saturated carbocycles. The van der Waals surface area contributed by atoms with E-state index < -0.39 is 26.5 Å². The molecule has 2 aliphatic rings. The van der Waals surface area contributed by atoms with E-state index in [1.807, 2.05) is 0 Å². The van der Waals surface area contributed by atoms with Crippen LogP contribution in [0, 0.1) is 0 Å². The summed E-state index contributed by atoms with van der Waals surface area (Å²) in [4.78, 5) is 27.0. The van der Waals surface area contributed by atoms with E-state index in [2.05, 4.69) is 11.3 Å². The summed E-state index contributed by atoms with van der Waals surface area (Å²) in [6.45, 7) is 4.59. The van der Waals surface area contributed by atoms with E-state index in [4.69, 9.17) is 0 Å². The molecule has 1 aliphatic carbocycles. The molecule has 1 saturated heterocycles. The minimum atomic E-state index is -4.11. The second-order valence-corrected chi connectivity index (χ2v) is 7.42. The largest absolute Gasteiger partial charge is 0.367 e. The third-order valence-corrected chi connectivity index (χ3v) is 5.62. The van der Waals surface area contributed by atoms with Crippen molar-refractivity contribution in [1.82, 2.24) is 9.62 Å². The predicted molar refractivity (Wildman–Crippen MR) is 90.1 cm³/mol. The van der Waals surface area contributed by atoms with Crippen LogP contribution in [0.3, 0.4) is 0 Å². The number of hydrogen-bond acceptors (Lipinski definition) is 5. The predicted octanol–water partition coefficient (Wildman–Crippen LogP) is 1.48. The summed E-state index contributed by atoms with van der Waals surface area (Å²) in [6, 6.07) is 6.33. The molecule has 1 heterocycles. The number of carbonyl (C=O) groups excluding carboxylic acids is 2. The first kappa shape index (κ1) is 16.6. The van der Waals surface area contributed by atoms with Gasteiger partial charge in [-0.05, 0) is 12.8 Å². The quantitative estimate of drug-likeness (QED) is 0.817. The van der Waals surface area contributed by atoms with Crippen LogP contribution in [0.25, 0.3) is 0 Å². The lowest BCUT2D eigenvalue weighted by molar-refractivity contribution is 0.0952. The molecular weight excluding hydrogens is 328 g/mol. The van der Waals surface area contributed by atoms with Gasteiger partial charge in [-0.25, -0.2) is 13.1 Å². The van der Waals surface area contributed by atoms with Gasteiger partial charge in [-0.1, -0.05) is 30.3 Å². The third kappa shape index (κ3) is 2.70. The van der Waals surface area contributed by atoms with Crippen molar-refractivity contribution in [2.24, 2.45) is 0 Å². The van der Waals surface area contributed by atoms with Crippen LogP contribution in [0.2, 0.25) is 0 Å². The zero-order valence-corrected chi connectivity index (χ0v) is 13.9. The fourth-order valence-electron chi connectivity index (χ4n) is 3.06. The van der Waals surface area contributed by atoms with Crippen LogP contribution >= 0.6 is 0 Å². The van der Waals surface area contributed by atoms with E-state index in [9.17, 15) is 18.0 Å². The van der Waals surface area contributed by atoms with Crippen molar-refractivity contribution >= 4 is 21.6 Å². The number of carbonyl (C=O) groups is 2. The molecule has 24 heavy (non-hydrogen) atoms. The van der Waals surface area contributed by atoms with Crippen molar-refractivity contribution in [2.45, 2.75) is 12.8 Å². The molecule has 0 bridgehead atoms. The first-order chi connectivity index (χ1) is 11.5. The first-order valence-corrected chi connectivity index (χ1v) is 9.24. The highest BCUT2D eigenvalue weighted by Crippen LogP contribution is 2.32. The summed E-state index contributed by atoms with van der Waals surface area (Å²) in [5.74, 6) is -1.05. The Morgan fingerprint density at radius 1 is 1.08 bits per heavy atom. The molecule has 7 heteroatoms. The number of ketones is 2. The van der Waals surface area contributed by atoms with Crippen LogP contribution in [-0.4, -0.2) is 44.5 Å². The van der Waals surface area contributed by atoms with Gasteiger partial charge in [-0.2, -0.15) is 0 Å². The summed E-state index contributed by atoms with van der Waals surface area (Å²) in [5.41, 5.74) is 0.379. The summed E-state index contributed by atoms with van der Waals surface area (Å²) in [7, 11) is -4.11. The van der Waals surface area contributed by atoms with Crippen molar-refractivity contribution < 1.29 is 18.0 Å². The number of allylic oxidation sites excluding steroid dienone is 2. The van der Waals surface area contributed by atoms with Crippen LogP contribution in [0.1, 0.15) is 33.6 Å². The van der Waals surface area contributed by atoms with Crippen molar-refractivity contribution in [2.75, 3.05) is 19.6 Å². The molecule has 6 nitrogen and oxygen atoms in total. The number of rotatable bonds is 5. The minimum absolute atomic E-state index is 0.00670. The number of likely N-dealkylation sites (tertiary alicyclic amines) is 1. The summed E-state index contributed by atoms with van der Waals surface area (Å²) in [5, 5.41) is 0. The van der Waals surface area contributed by atoms with Crippen molar-refractivity contribution in [3.8, 4) is 0 Å². The molecule has 126 valence electrons. The Morgan fingerprint density at radius 3 is 2.25 bits per heavy atom. The maximum absolute atomic E-state index is 12.9. The fraction of sp³-hybridized carbons (Fsp3) is 0.294. The lowest BCUT2D eigenvalue weighted by Crippen LogP contribution is -2.38. The van der Waals surface area contributed by atoms with Crippen LogP contribution in [0.5, 0.6) is 0 Å². The lowest BCUT2D eigenvalue weighted by atomic mass is 9.92. The average Bonchev–Trinajstić information content (AvgIpc) is 3.10. The van der Waals surface area contributed by atoms with Crippen LogP contribution in [0.4, 0.5) is 0 Å². The maximum atomic E-state index is 12.9. The van der Waals surface area contributed by atoms with E-state index >= 15 is 0 Å². The smallest absolute Gasteiger partial charge is 0.246 e. The SMILES string of the molecule is C=CCNS(=O)(=O)C1=C(N2CCCC2)C(=O)c2ccccc2C1=O. The van der Waals surface area contributed by atoms with Crippen molar-refractivity contribution in [3.63, 3.8) is 0 Å². The molecule has 1 fully saturated rings. The molecule has 3 rings (SSSR count). The van der Waals surface area contributed by atoms with Crippen molar-refractivity contribution in [1.29, 1.82) is 0 Å². The van der Waals surface area contributed by atoms with E-state index in [1.165, 1.54) is 12.1 Å². The number of nitrogens with one attached hydrogen (secondary N) is 1. The minimum Gasteiger partial charge on any atom is -0.367 e. The van der Waals surface area contributed by atoms with Crippen LogP contribution < -0.4 is 4.72 Å². The second kappa shape index (κ2) is 6.33. The van der Waals surface area contributed by atoms with E-state index in [0.717, 1.165) is 12.8 Å². The molecular formula is C17H18N2O4S. The lowest BCUT2D eigenvalue weighted by Gasteiger charge is -2.27. The summed E-state index contributed by atoms with van der Waals surface area (Å²) >= 11 is 0. The third-order valence-electron chi connectivity index (χ3n) is 4.16. The monoisotopic (exact) mass is 346 g/mol. The number of sulfonamides is 1. The average molecular weight is 346 g/mol. The number of fused-ring (bicyclic) bond motifs is 1. The molecule has 1 aromatic rings. The summed E-state index contributed by atoms with van der Waals surface area (Å²) < 4.78 is 27.6. The second-order valence-electron chi connectivity index (χ2n) is 5.72. The molecule has 0 spiro atoms. The van der Waals surface area contributed by atoms with Gasteiger partial charge in [0, 0.05) is 30.8 Å². The molecule has 0 atom stereocenters. The number of hydrogen-bond donors (Lipinski definition) is 1. The van der Waals surface area contributed by atoms with E-state index in [0.29, 0.717) is 13.1 Å². The highest BCUT2D eigenvalue weighted by atomic mass is 32.2. The first-order valence-electron chi connectivity index (χ1n) is 7.75. The van der Waals surface area contributed by atoms with Crippen LogP contribution in [0.15, 0.2) is 47.5 Å². The van der Waals surface area contributed by atoms with Gasteiger partial charge in [0.2, 0.25) is 21.6 Å². The van der Waals surface area contributed by atoms with Gasteiger partial charge in [-0.15, -0.1) is 6.58 Å². The van der Waals surface area contributed by atoms with E-state index in [1.54, 1.807) is 23.1 Å². The Hall–Kier alpha value is -2.25. The Balaban J connectivity index is 2.21. The zero-order chi connectivity index (χ0) is 17.3. The van der Waals surface area contributed by atoms with Gasteiger partial charge < -0.3 is 4.90 Å². The zero-order valence-electron chi connectivity index (χ0n) is 13.1. The summed E-state index contributed by atoms with van der Waals surface area (Å²) in [6.07, 6.45) is 3.11. The number of nitrogens with zero attached hydrogens (tertiary/aromatic N) is 1. The van der Waals surface area contributed by atoms with Gasteiger partial charge in [0.15, 0.2) is 4.91 Å². The fourth-order valence-corrected chi connectivity index (χ4v) is 4.37. The standard InChI is InChI=1S/C17H18N2O4S/c1-2-9-18-24(22,23)17-14(19-10-5-6-11-19)15(20)12-7-3-4-8-13(12)16(17)21/h2-4,7-8,18H,1,5-6,9-11H2. The molecule has 0 amide bonds. The Morgan fingerprint density at radius 2 is 1.67 bits per heavy atom. The van der Waals surface area contributed by atoms with Crippen LogP contribution in [-0.2, 0) is 10.0 Å². The normalized spacial score (nSPS) is 18.1. The van der Waals surface area contributed by atoms with Gasteiger partial charge in [0.25, 0.3) is 0 Å². The van der Waals surface area contributed by atoms with Gasteiger partial charge >= 0.3 is 0 Å². The van der Waals surface area contributed by atoms with Gasteiger partial charge in [-0.3, -0.25) is 9.59 Å². The highest BCUT2D eigenvalue weighted by molar-refractivity contribution is 7.94. The molecule has 1 aliphatic heterocycles. The Labute approximate surface area is 140 Å². The molecule has 0 unspecified atom stereocenters. The Bertz CT molecular complexity index is 849. The topological polar surface area (TPSA) is 83.6 Å². The molecule has 0 aromatic heterocycles. The Kier molecular flexibility index (Phi) is 4.38. The molecule has 0 radical (unpaired) electrons. The highest BCUT2D eigenvalue weighted by Gasteiger charge is 2.41. The molecule has 1 N–H and O–H groups in total.